The quantitative estimate of drug-likeness (QED) is 0.859. The van der Waals surface area contributed by atoms with Gasteiger partial charge in [-0.15, -0.1) is 10.2 Å². The lowest BCUT2D eigenvalue weighted by Crippen LogP contribution is -2.34. The van der Waals surface area contributed by atoms with E-state index in [1.54, 1.807) is 0 Å². The number of aliphatic hydroxyl groups is 1. The van der Waals surface area contributed by atoms with Gasteiger partial charge in [-0.05, 0) is 31.6 Å². The summed E-state index contributed by atoms with van der Waals surface area (Å²) in [7, 11) is 0. The molecule has 5 heteroatoms. The Bertz CT molecular complexity index is 418. The Morgan fingerprint density at radius 3 is 2.95 bits per heavy atom. The van der Waals surface area contributed by atoms with Crippen LogP contribution < -0.4 is 5.32 Å². The Balaban J connectivity index is 1.51. The first-order valence-corrected chi connectivity index (χ1v) is 7.64. The minimum atomic E-state index is -0.117. The Kier molecular flexibility index (Phi) is 4.13. The summed E-state index contributed by atoms with van der Waals surface area (Å²) in [6.45, 7) is 2.73. The zero-order valence-electron chi connectivity index (χ0n) is 11.5. The molecule has 0 radical (unpaired) electrons. The lowest BCUT2D eigenvalue weighted by Gasteiger charge is -2.27. The smallest absolute Gasteiger partial charge is 0.147 e. The van der Waals surface area contributed by atoms with E-state index in [-0.39, 0.29) is 6.10 Å². The van der Waals surface area contributed by atoms with Crippen LogP contribution in [0.1, 0.15) is 50.2 Å². The monoisotopic (exact) mass is 264 g/mol. The third-order valence-corrected chi connectivity index (χ3v) is 4.49. The average molecular weight is 264 g/mol. The summed E-state index contributed by atoms with van der Waals surface area (Å²) in [5.41, 5.74) is 0. The van der Waals surface area contributed by atoms with Crippen LogP contribution >= 0.6 is 0 Å². The number of rotatable bonds is 4. The fourth-order valence-corrected chi connectivity index (χ4v) is 3.29. The van der Waals surface area contributed by atoms with Gasteiger partial charge in [0.1, 0.15) is 11.6 Å². The molecule has 3 rings (SSSR count). The Morgan fingerprint density at radius 2 is 2.05 bits per heavy atom. The minimum Gasteiger partial charge on any atom is -0.393 e. The predicted octanol–water partition coefficient (Wildman–Crippen LogP) is 1.26. The lowest BCUT2D eigenvalue weighted by molar-refractivity contribution is 0.0693. The second kappa shape index (κ2) is 6.01. The highest BCUT2D eigenvalue weighted by atomic mass is 16.3. The van der Waals surface area contributed by atoms with E-state index in [1.165, 1.54) is 25.7 Å². The van der Waals surface area contributed by atoms with E-state index in [1.807, 2.05) is 0 Å². The molecule has 0 spiro atoms. The van der Waals surface area contributed by atoms with Crippen LogP contribution in [-0.4, -0.2) is 32.5 Å². The molecule has 0 bridgehead atoms. The highest BCUT2D eigenvalue weighted by molar-refractivity contribution is 4.98. The van der Waals surface area contributed by atoms with E-state index in [4.69, 9.17) is 0 Å². The van der Waals surface area contributed by atoms with Crippen molar-refractivity contribution in [1.82, 2.24) is 20.1 Å². The van der Waals surface area contributed by atoms with E-state index in [9.17, 15) is 5.11 Å². The Morgan fingerprint density at radius 1 is 1.16 bits per heavy atom. The average Bonchev–Trinajstić information content (AvgIpc) is 2.85. The highest BCUT2D eigenvalue weighted by Crippen LogP contribution is 2.23. The number of nitrogens with zero attached hydrogens (tertiary/aromatic N) is 3. The van der Waals surface area contributed by atoms with Gasteiger partial charge in [-0.25, -0.2) is 0 Å². The first kappa shape index (κ1) is 13.1. The van der Waals surface area contributed by atoms with Gasteiger partial charge in [0.25, 0.3) is 0 Å². The van der Waals surface area contributed by atoms with Crippen LogP contribution in [0.25, 0.3) is 0 Å². The molecule has 1 saturated carbocycles. The molecule has 1 fully saturated rings. The molecular formula is C14H24N4O. The lowest BCUT2D eigenvalue weighted by atomic mass is 9.86. The normalized spacial score (nSPS) is 27.2. The first-order valence-electron chi connectivity index (χ1n) is 7.64. The number of hydrogen-bond donors (Lipinski definition) is 2. The maximum absolute atomic E-state index is 9.95. The fourth-order valence-electron chi connectivity index (χ4n) is 3.29. The van der Waals surface area contributed by atoms with E-state index in [0.29, 0.717) is 5.92 Å². The topological polar surface area (TPSA) is 63.0 Å². The summed E-state index contributed by atoms with van der Waals surface area (Å²) in [6.07, 6.45) is 7.96. The van der Waals surface area contributed by atoms with Crippen molar-refractivity contribution in [2.45, 2.75) is 64.1 Å². The second-order valence-electron chi connectivity index (χ2n) is 5.88. The molecule has 2 atom stereocenters. The van der Waals surface area contributed by atoms with Crippen LogP contribution in [0, 0.1) is 5.92 Å². The van der Waals surface area contributed by atoms with Crippen molar-refractivity contribution in [3.63, 3.8) is 0 Å². The predicted molar refractivity (Wildman–Crippen MR) is 72.6 cm³/mol. The molecule has 1 aromatic heterocycles. The van der Waals surface area contributed by atoms with Crippen molar-refractivity contribution in [3.8, 4) is 0 Å². The molecule has 0 aromatic carbocycles. The number of aliphatic hydroxyl groups excluding tert-OH is 1. The van der Waals surface area contributed by atoms with Gasteiger partial charge in [-0.2, -0.15) is 0 Å². The van der Waals surface area contributed by atoms with Crippen LogP contribution in [0.2, 0.25) is 0 Å². The van der Waals surface area contributed by atoms with Crippen molar-refractivity contribution in [3.05, 3.63) is 11.6 Å². The molecule has 1 aliphatic heterocycles. The van der Waals surface area contributed by atoms with E-state index in [0.717, 1.165) is 50.5 Å². The molecule has 2 unspecified atom stereocenters. The van der Waals surface area contributed by atoms with Gasteiger partial charge in [0.05, 0.1) is 12.6 Å². The first-order chi connectivity index (χ1) is 9.34. The second-order valence-corrected chi connectivity index (χ2v) is 5.88. The van der Waals surface area contributed by atoms with Crippen molar-refractivity contribution in [1.29, 1.82) is 0 Å². The van der Waals surface area contributed by atoms with Gasteiger partial charge in [0.2, 0.25) is 0 Å². The van der Waals surface area contributed by atoms with Crippen molar-refractivity contribution >= 4 is 0 Å². The van der Waals surface area contributed by atoms with Gasteiger partial charge in [-0.1, -0.05) is 12.8 Å². The van der Waals surface area contributed by atoms with Crippen molar-refractivity contribution < 1.29 is 5.11 Å². The highest BCUT2D eigenvalue weighted by Gasteiger charge is 2.23. The number of fused-ring (bicyclic) bond motifs is 1. The standard InChI is InChI=1S/C14H24N4O/c19-12-6-2-1-5-11(12)9-15-10-14-17-16-13-7-3-4-8-18(13)14/h11-12,15,19H,1-10H2. The molecular weight excluding hydrogens is 240 g/mol. The maximum atomic E-state index is 9.95. The van der Waals surface area contributed by atoms with Crippen LogP contribution in [0.5, 0.6) is 0 Å². The third kappa shape index (κ3) is 2.98. The van der Waals surface area contributed by atoms with Crippen LogP contribution in [0.3, 0.4) is 0 Å². The summed E-state index contributed by atoms with van der Waals surface area (Å²) in [5, 5.41) is 21.9. The van der Waals surface area contributed by atoms with Crippen molar-refractivity contribution in [2.24, 2.45) is 5.92 Å². The van der Waals surface area contributed by atoms with Gasteiger partial charge in [0, 0.05) is 19.5 Å². The number of hydrogen-bond acceptors (Lipinski definition) is 4. The molecule has 2 heterocycles. The summed E-state index contributed by atoms with van der Waals surface area (Å²) in [4.78, 5) is 0. The van der Waals surface area contributed by atoms with Crippen LogP contribution in [-0.2, 0) is 19.5 Å². The molecule has 2 N–H and O–H groups in total. The molecule has 2 aliphatic rings. The summed E-state index contributed by atoms with van der Waals surface area (Å²) >= 11 is 0. The fraction of sp³-hybridized carbons (Fsp3) is 0.857. The van der Waals surface area contributed by atoms with Crippen molar-refractivity contribution in [2.75, 3.05) is 6.54 Å². The van der Waals surface area contributed by atoms with Gasteiger partial charge in [-0.3, -0.25) is 0 Å². The Labute approximate surface area is 114 Å². The molecule has 1 aliphatic carbocycles. The molecule has 1 aromatic rings. The SMILES string of the molecule is OC1CCCCC1CNCc1nnc2n1CCCC2. The molecule has 5 nitrogen and oxygen atoms in total. The number of aromatic nitrogens is 3. The molecule has 0 saturated heterocycles. The molecule has 19 heavy (non-hydrogen) atoms. The summed E-state index contributed by atoms with van der Waals surface area (Å²) in [6, 6.07) is 0. The molecule has 106 valence electrons. The zero-order chi connectivity index (χ0) is 13.1. The van der Waals surface area contributed by atoms with Crippen LogP contribution in [0.15, 0.2) is 0 Å². The minimum absolute atomic E-state index is 0.117. The van der Waals surface area contributed by atoms with E-state index >= 15 is 0 Å². The van der Waals surface area contributed by atoms with Gasteiger partial charge >= 0.3 is 0 Å². The summed E-state index contributed by atoms with van der Waals surface area (Å²) in [5.74, 6) is 2.61. The van der Waals surface area contributed by atoms with Crippen LogP contribution in [0.4, 0.5) is 0 Å². The number of aryl methyl sites for hydroxylation is 1. The molecule has 0 amide bonds. The largest absolute Gasteiger partial charge is 0.393 e. The van der Waals surface area contributed by atoms with Gasteiger partial charge < -0.3 is 15.0 Å². The Hall–Kier alpha value is -0.940. The third-order valence-electron chi connectivity index (χ3n) is 4.49. The zero-order valence-corrected chi connectivity index (χ0v) is 11.5. The van der Waals surface area contributed by atoms with E-state index < -0.39 is 0 Å². The number of nitrogens with one attached hydrogen (secondary N) is 1. The van der Waals surface area contributed by atoms with Gasteiger partial charge in [0.15, 0.2) is 0 Å². The van der Waals surface area contributed by atoms with E-state index in [2.05, 4.69) is 20.1 Å². The maximum Gasteiger partial charge on any atom is 0.147 e. The summed E-state index contributed by atoms with van der Waals surface area (Å²) < 4.78 is 2.26.